The van der Waals surface area contributed by atoms with Gasteiger partial charge in [-0.1, -0.05) is 0 Å². The van der Waals surface area contributed by atoms with E-state index in [0.717, 1.165) is 0 Å². The van der Waals surface area contributed by atoms with Crippen LogP contribution in [0.4, 0.5) is 0 Å². The van der Waals surface area contributed by atoms with Crippen molar-refractivity contribution in [3.8, 4) is 0 Å². The maximum Gasteiger partial charge on any atom is 0.120 e. The van der Waals surface area contributed by atoms with Gasteiger partial charge in [0.05, 0.1) is 23.4 Å². The van der Waals surface area contributed by atoms with Gasteiger partial charge in [0.1, 0.15) is 11.2 Å². The van der Waals surface area contributed by atoms with Gasteiger partial charge in [-0.25, -0.2) is 0 Å². The molecule has 17 heavy (non-hydrogen) atoms. The summed E-state index contributed by atoms with van der Waals surface area (Å²) >= 11 is 0. The summed E-state index contributed by atoms with van der Waals surface area (Å²) in [7, 11) is 0. The quantitative estimate of drug-likeness (QED) is 0.711. The average molecular weight is 242 g/mol. The van der Waals surface area contributed by atoms with Crippen molar-refractivity contribution in [2.24, 2.45) is 0 Å². The predicted molar refractivity (Wildman–Crippen MR) is 67.1 cm³/mol. The SMILES string of the molecule is CC1OC1(C)C(C)(C)OC(C)(C)C1(C)OC1C. The van der Waals surface area contributed by atoms with E-state index in [4.69, 9.17) is 14.2 Å². The van der Waals surface area contributed by atoms with Crippen molar-refractivity contribution in [2.75, 3.05) is 0 Å². The fourth-order valence-corrected chi connectivity index (χ4v) is 2.77. The Morgan fingerprint density at radius 3 is 1.24 bits per heavy atom. The minimum Gasteiger partial charge on any atom is -0.364 e. The zero-order valence-electron chi connectivity index (χ0n) is 12.4. The lowest BCUT2D eigenvalue weighted by atomic mass is 9.85. The average Bonchev–Trinajstić information content (AvgIpc) is 2.92. The van der Waals surface area contributed by atoms with Crippen LogP contribution in [0.2, 0.25) is 0 Å². The highest BCUT2D eigenvalue weighted by molar-refractivity contribution is 5.13. The third kappa shape index (κ3) is 1.74. The summed E-state index contributed by atoms with van der Waals surface area (Å²) in [5.41, 5.74) is -0.993. The Labute approximate surface area is 105 Å². The van der Waals surface area contributed by atoms with E-state index in [1.807, 2.05) is 0 Å². The summed E-state index contributed by atoms with van der Waals surface area (Å²) in [4.78, 5) is 0. The lowest BCUT2D eigenvalue weighted by Crippen LogP contribution is -2.53. The fourth-order valence-electron chi connectivity index (χ4n) is 2.77. The van der Waals surface area contributed by atoms with Gasteiger partial charge >= 0.3 is 0 Å². The first kappa shape index (κ1) is 13.3. The van der Waals surface area contributed by atoms with Crippen LogP contribution in [-0.4, -0.2) is 34.6 Å². The van der Waals surface area contributed by atoms with Crippen LogP contribution < -0.4 is 0 Å². The van der Waals surface area contributed by atoms with E-state index in [-0.39, 0.29) is 34.6 Å². The van der Waals surface area contributed by atoms with Crippen molar-refractivity contribution in [1.29, 1.82) is 0 Å². The second-order valence-corrected chi connectivity index (χ2v) is 6.86. The highest BCUT2D eigenvalue weighted by Gasteiger charge is 2.66. The molecule has 2 fully saturated rings. The molecule has 0 aliphatic carbocycles. The van der Waals surface area contributed by atoms with Gasteiger partial charge in [-0.3, -0.25) is 0 Å². The lowest BCUT2D eigenvalue weighted by molar-refractivity contribution is -0.177. The Kier molecular flexibility index (Phi) is 2.55. The Bertz CT molecular complexity index is 304. The lowest BCUT2D eigenvalue weighted by Gasteiger charge is -2.41. The summed E-state index contributed by atoms with van der Waals surface area (Å²) in [5, 5.41) is 0. The van der Waals surface area contributed by atoms with Crippen LogP contribution in [0.3, 0.4) is 0 Å². The van der Waals surface area contributed by atoms with Crippen molar-refractivity contribution < 1.29 is 14.2 Å². The van der Waals surface area contributed by atoms with Crippen molar-refractivity contribution in [3.05, 3.63) is 0 Å². The molecule has 3 nitrogen and oxygen atoms in total. The molecule has 0 radical (unpaired) electrons. The number of rotatable bonds is 4. The molecule has 0 aromatic heterocycles. The Morgan fingerprint density at radius 2 is 1.06 bits per heavy atom. The van der Waals surface area contributed by atoms with Crippen LogP contribution >= 0.6 is 0 Å². The molecule has 2 aliphatic rings. The third-order valence-corrected chi connectivity index (χ3v) is 5.18. The first-order valence-electron chi connectivity index (χ1n) is 6.52. The summed E-state index contributed by atoms with van der Waals surface area (Å²) < 4.78 is 17.8. The van der Waals surface area contributed by atoms with Gasteiger partial charge in [0.2, 0.25) is 0 Å². The molecule has 0 bridgehead atoms. The highest BCUT2D eigenvalue weighted by Crippen LogP contribution is 2.53. The third-order valence-electron chi connectivity index (χ3n) is 5.18. The molecule has 0 spiro atoms. The Balaban J connectivity index is 2.11. The molecular weight excluding hydrogens is 216 g/mol. The molecule has 0 amide bonds. The topological polar surface area (TPSA) is 34.3 Å². The number of epoxide rings is 2. The van der Waals surface area contributed by atoms with E-state index in [1.54, 1.807) is 0 Å². The molecule has 2 aliphatic heterocycles. The first-order valence-corrected chi connectivity index (χ1v) is 6.52. The van der Waals surface area contributed by atoms with Gasteiger partial charge in [-0.05, 0) is 55.4 Å². The smallest absolute Gasteiger partial charge is 0.120 e. The van der Waals surface area contributed by atoms with Gasteiger partial charge in [-0.15, -0.1) is 0 Å². The van der Waals surface area contributed by atoms with Crippen LogP contribution in [0.1, 0.15) is 55.4 Å². The van der Waals surface area contributed by atoms with E-state index < -0.39 is 0 Å². The molecule has 0 saturated carbocycles. The second kappa shape index (κ2) is 3.25. The van der Waals surface area contributed by atoms with E-state index in [9.17, 15) is 0 Å². The number of hydrogen-bond acceptors (Lipinski definition) is 3. The standard InChI is InChI=1S/C14H26O3/c1-9-13(7,15-9)11(3,4)17-12(5,6)14(8)10(2)16-14/h9-10H,1-8H3. The minimum absolute atomic E-state index is 0.182. The van der Waals surface area contributed by atoms with E-state index in [0.29, 0.717) is 0 Å². The van der Waals surface area contributed by atoms with Gasteiger partial charge in [0.25, 0.3) is 0 Å². The number of hydrogen-bond donors (Lipinski definition) is 0. The van der Waals surface area contributed by atoms with Crippen LogP contribution in [-0.2, 0) is 14.2 Å². The molecule has 0 aromatic rings. The molecule has 2 heterocycles. The monoisotopic (exact) mass is 242 g/mol. The van der Waals surface area contributed by atoms with Gasteiger partial charge in [-0.2, -0.15) is 0 Å². The first-order chi connectivity index (χ1) is 7.46. The van der Waals surface area contributed by atoms with E-state index in [1.165, 1.54) is 0 Å². The van der Waals surface area contributed by atoms with Crippen LogP contribution in [0.15, 0.2) is 0 Å². The van der Waals surface area contributed by atoms with E-state index >= 15 is 0 Å². The van der Waals surface area contributed by atoms with Gasteiger partial charge in [0.15, 0.2) is 0 Å². The van der Waals surface area contributed by atoms with Crippen LogP contribution in [0.25, 0.3) is 0 Å². The van der Waals surface area contributed by atoms with E-state index in [2.05, 4.69) is 55.4 Å². The maximum absolute atomic E-state index is 6.37. The fraction of sp³-hybridized carbons (Fsp3) is 1.00. The molecule has 0 N–H and O–H groups in total. The Morgan fingerprint density at radius 1 is 0.824 bits per heavy atom. The largest absolute Gasteiger partial charge is 0.364 e. The highest BCUT2D eigenvalue weighted by atomic mass is 16.7. The summed E-state index contributed by atoms with van der Waals surface area (Å²) in [5.74, 6) is 0. The zero-order chi connectivity index (χ0) is 13.3. The second-order valence-electron chi connectivity index (χ2n) is 6.86. The molecule has 4 atom stereocenters. The molecule has 2 saturated heterocycles. The summed E-state index contributed by atoms with van der Waals surface area (Å²) in [6.45, 7) is 16.8. The number of ether oxygens (including phenoxy) is 3. The molecular formula is C14H26O3. The van der Waals surface area contributed by atoms with Crippen molar-refractivity contribution in [2.45, 2.75) is 90.0 Å². The van der Waals surface area contributed by atoms with Gasteiger partial charge in [0, 0.05) is 0 Å². The molecule has 100 valence electrons. The Hall–Kier alpha value is -0.120. The zero-order valence-corrected chi connectivity index (χ0v) is 12.4. The molecule has 4 unspecified atom stereocenters. The van der Waals surface area contributed by atoms with Crippen LogP contribution in [0, 0.1) is 0 Å². The minimum atomic E-state index is -0.315. The normalized spacial score (nSPS) is 45.9. The van der Waals surface area contributed by atoms with Gasteiger partial charge < -0.3 is 14.2 Å². The maximum atomic E-state index is 6.37. The van der Waals surface area contributed by atoms with Crippen LogP contribution in [0.5, 0.6) is 0 Å². The summed E-state index contributed by atoms with van der Waals surface area (Å²) in [6.07, 6.45) is 0.525. The molecule has 2 rings (SSSR count). The summed E-state index contributed by atoms with van der Waals surface area (Å²) in [6, 6.07) is 0. The van der Waals surface area contributed by atoms with Crippen molar-refractivity contribution in [3.63, 3.8) is 0 Å². The van der Waals surface area contributed by atoms with Crippen molar-refractivity contribution >= 4 is 0 Å². The molecule has 3 heteroatoms. The van der Waals surface area contributed by atoms with Crippen molar-refractivity contribution in [1.82, 2.24) is 0 Å². The predicted octanol–water partition coefficient (Wildman–Crippen LogP) is 2.92. The molecule has 0 aromatic carbocycles.